The molecule has 1 saturated heterocycles. The summed E-state index contributed by atoms with van der Waals surface area (Å²) >= 11 is 0. The van der Waals surface area contributed by atoms with Crippen molar-refractivity contribution in [2.45, 2.75) is 31.8 Å². The average molecular weight is 213 g/mol. The van der Waals surface area contributed by atoms with E-state index < -0.39 is 0 Å². The third-order valence-electron chi connectivity index (χ3n) is 3.47. The van der Waals surface area contributed by atoms with Gasteiger partial charge in [0.15, 0.2) is 0 Å². The molecule has 1 N–H and O–H groups in total. The second-order valence-electron chi connectivity index (χ2n) is 4.77. The van der Waals surface area contributed by atoms with Gasteiger partial charge in [0, 0.05) is 26.8 Å². The van der Waals surface area contributed by atoms with Gasteiger partial charge in [-0.1, -0.05) is 0 Å². The molecular formula is C12H23NO2. The predicted molar refractivity (Wildman–Crippen MR) is 59.9 cm³/mol. The molecule has 0 bridgehead atoms. The Balaban J connectivity index is 1.68. The minimum absolute atomic E-state index is 0.550. The first kappa shape index (κ1) is 11.4. The van der Waals surface area contributed by atoms with E-state index in [4.69, 9.17) is 9.47 Å². The van der Waals surface area contributed by atoms with Gasteiger partial charge < -0.3 is 14.8 Å². The fourth-order valence-corrected chi connectivity index (χ4v) is 2.49. The topological polar surface area (TPSA) is 30.5 Å². The Labute approximate surface area is 92.5 Å². The van der Waals surface area contributed by atoms with E-state index in [1.54, 1.807) is 7.11 Å². The van der Waals surface area contributed by atoms with Crippen LogP contribution in [0.15, 0.2) is 0 Å². The molecule has 0 amide bonds. The molecule has 0 aromatic heterocycles. The minimum atomic E-state index is 0.550. The summed E-state index contributed by atoms with van der Waals surface area (Å²) in [5, 5.41) is 3.46. The molecule has 3 nitrogen and oxygen atoms in total. The van der Waals surface area contributed by atoms with Crippen molar-refractivity contribution in [3.8, 4) is 0 Å². The van der Waals surface area contributed by atoms with Crippen LogP contribution in [0.25, 0.3) is 0 Å². The van der Waals surface area contributed by atoms with Crippen LogP contribution in [-0.2, 0) is 9.47 Å². The average Bonchev–Trinajstić information content (AvgIpc) is 3.09. The molecule has 1 saturated carbocycles. The number of rotatable bonds is 6. The molecule has 0 radical (unpaired) electrons. The Kier molecular flexibility index (Phi) is 4.42. The number of ether oxygens (including phenoxy) is 2. The van der Waals surface area contributed by atoms with Crippen LogP contribution in [0.1, 0.15) is 25.7 Å². The molecule has 15 heavy (non-hydrogen) atoms. The van der Waals surface area contributed by atoms with Gasteiger partial charge in [0.25, 0.3) is 0 Å². The summed E-state index contributed by atoms with van der Waals surface area (Å²) in [6, 6.07) is 0. The molecule has 88 valence electrons. The summed E-state index contributed by atoms with van der Waals surface area (Å²) in [5.41, 5.74) is 0. The first-order valence-corrected chi connectivity index (χ1v) is 6.23. The third-order valence-corrected chi connectivity index (χ3v) is 3.47. The lowest BCUT2D eigenvalue weighted by Crippen LogP contribution is -2.38. The maximum absolute atomic E-state index is 5.90. The first-order chi connectivity index (χ1) is 7.42. The summed E-state index contributed by atoms with van der Waals surface area (Å²) in [6.07, 6.45) is 5.90. The van der Waals surface area contributed by atoms with Crippen LogP contribution in [0.2, 0.25) is 0 Å². The molecule has 0 aromatic rings. The Morgan fingerprint density at radius 2 is 2.20 bits per heavy atom. The van der Waals surface area contributed by atoms with Crippen LogP contribution < -0.4 is 5.32 Å². The van der Waals surface area contributed by atoms with E-state index in [0.29, 0.717) is 6.10 Å². The minimum Gasteiger partial charge on any atom is -0.383 e. The summed E-state index contributed by atoms with van der Waals surface area (Å²) in [7, 11) is 1.75. The summed E-state index contributed by atoms with van der Waals surface area (Å²) in [6.45, 7) is 3.85. The highest BCUT2D eigenvalue weighted by Crippen LogP contribution is 2.40. The molecule has 3 heteroatoms. The van der Waals surface area contributed by atoms with Gasteiger partial charge in [0.1, 0.15) is 0 Å². The molecular weight excluding hydrogens is 190 g/mol. The number of hydrogen-bond acceptors (Lipinski definition) is 3. The SMILES string of the molecule is COCCNCC1CCCOC1C1CC1. The Morgan fingerprint density at radius 1 is 1.33 bits per heavy atom. The highest BCUT2D eigenvalue weighted by atomic mass is 16.5. The number of hydrogen-bond donors (Lipinski definition) is 1. The van der Waals surface area contributed by atoms with Crippen LogP contribution in [-0.4, -0.2) is 39.5 Å². The van der Waals surface area contributed by atoms with E-state index in [9.17, 15) is 0 Å². The van der Waals surface area contributed by atoms with Crippen LogP contribution in [0.4, 0.5) is 0 Å². The second kappa shape index (κ2) is 5.83. The molecule has 2 rings (SSSR count). The predicted octanol–water partition coefficient (Wildman–Crippen LogP) is 1.43. The largest absolute Gasteiger partial charge is 0.383 e. The number of nitrogens with one attached hydrogen (secondary N) is 1. The van der Waals surface area contributed by atoms with Gasteiger partial charge in [-0.2, -0.15) is 0 Å². The second-order valence-corrected chi connectivity index (χ2v) is 4.77. The Hall–Kier alpha value is -0.120. The van der Waals surface area contributed by atoms with Crippen molar-refractivity contribution in [2.75, 3.05) is 33.4 Å². The lowest BCUT2D eigenvalue weighted by molar-refractivity contribution is -0.0387. The van der Waals surface area contributed by atoms with Gasteiger partial charge in [-0.3, -0.25) is 0 Å². The van der Waals surface area contributed by atoms with E-state index in [2.05, 4.69) is 5.32 Å². The van der Waals surface area contributed by atoms with Crippen LogP contribution in [0, 0.1) is 11.8 Å². The fraction of sp³-hybridized carbons (Fsp3) is 1.00. The van der Waals surface area contributed by atoms with Crippen molar-refractivity contribution >= 4 is 0 Å². The molecule has 1 heterocycles. The molecule has 1 aliphatic heterocycles. The van der Waals surface area contributed by atoms with E-state index in [1.165, 1.54) is 25.7 Å². The first-order valence-electron chi connectivity index (χ1n) is 6.23. The van der Waals surface area contributed by atoms with E-state index in [-0.39, 0.29) is 0 Å². The molecule has 2 atom stereocenters. The maximum atomic E-state index is 5.90. The monoisotopic (exact) mass is 213 g/mol. The van der Waals surface area contributed by atoms with Crippen LogP contribution in [0.3, 0.4) is 0 Å². The summed E-state index contributed by atoms with van der Waals surface area (Å²) < 4.78 is 10.9. The van der Waals surface area contributed by atoms with Gasteiger partial charge in [0.05, 0.1) is 12.7 Å². The van der Waals surface area contributed by atoms with Crippen molar-refractivity contribution < 1.29 is 9.47 Å². The van der Waals surface area contributed by atoms with Gasteiger partial charge in [-0.05, 0) is 37.5 Å². The maximum Gasteiger partial charge on any atom is 0.0643 e. The normalized spacial score (nSPS) is 31.8. The van der Waals surface area contributed by atoms with Gasteiger partial charge in [0.2, 0.25) is 0 Å². The quantitative estimate of drug-likeness (QED) is 0.677. The Morgan fingerprint density at radius 3 is 2.93 bits per heavy atom. The standard InChI is InChI=1S/C12H23NO2/c1-14-8-6-13-9-11-3-2-7-15-12(11)10-4-5-10/h10-13H,2-9H2,1H3. The molecule has 2 aliphatic rings. The lowest BCUT2D eigenvalue weighted by Gasteiger charge is -2.32. The molecule has 1 aliphatic carbocycles. The molecule has 0 aromatic carbocycles. The molecule has 0 spiro atoms. The summed E-state index contributed by atoms with van der Waals surface area (Å²) in [4.78, 5) is 0. The van der Waals surface area contributed by atoms with Crippen molar-refractivity contribution in [1.82, 2.24) is 5.32 Å². The smallest absolute Gasteiger partial charge is 0.0643 e. The zero-order valence-corrected chi connectivity index (χ0v) is 9.71. The van der Waals surface area contributed by atoms with Crippen molar-refractivity contribution in [3.05, 3.63) is 0 Å². The van der Waals surface area contributed by atoms with Gasteiger partial charge >= 0.3 is 0 Å². The zero-order valence-electron chi connectivity index (χ0n) is 9.71. The van der Waals surface area contributed by atoms with E-state index in [0.717, 1.165) is 38.1 Å². The van der Waals surface area contributed by atoms with Crippen molar-refractivity contribution in [1.29, 1.82) is 0 Å². The van der Waals surface area contributed by atoms with Gasteiger partial charge in [-0.25, -0.2) is 0 Å². The van der Waals surface area contributed by atoms with Crippen LogP contribution in [0.5, 0.6) is 0 Å². The summed E-state index contributed by atoms with van der Waals surface area (Å²) in [5.74, 6) is 1.61. The van der Waals surface area contributed by atoms with Crippen LogP contribution >= 0.6 is 0 Å². The number of methoxy groups -OCH3 is 1. The third kappa shape index (κ3) is 3.44. The highest BCUT2D eigenvalue weighted by Gasteiger charge is 2.38. The van der Waals surface area contributed by atoms with Gasteiger partial charge in [-0.15, -0.1) is 0 Å². The van der Waals surface area contributed by atoms with E-state index >= 15 is 0 Å². The fourth-order valence-electron chi connectivity index (χ4n) is 2.49. The Bertz CT molecular complexity index is 182. The molecule has 2 unspecified atom stereocenters. The van der Waals surface area contributed by atoms with Crippen molar-refractivity contribution in [2.24, 2.45) is 11.8 Å². The van der Waals surface area contributed by atoms with Crippen molar-refractivity contribution in [3.63, 3.8) is 0 Å². The zero-order chi connectivity index (χ0) is 10.5. The molecule has 2 fully saturated rings. The lowest BCUT2D eigenvalue weighted by atomic mass is 9.91. The van der Waals surface area contributed by atoms with E-state index in [1.807, 2.05) is 0 Å². The highest BCUT2D eigenvalue weighted by molar-refractivity contribution is 4.89.